The molecule has 2 aliphatic rings. The third-order valence-corrected chi connectivity index (χ3v) is 4.74. The Morgan fingerprint density at radius 3 is 3.05 bits per heavy atom. The maximum Gasteiger partial charge on any atom is 0.123 e. The summed E-state index contributed by atoms with van der Waals surface area (Å²) in [5, 5.41) is 3.61. The number of hydrogen-bond donors (Lipinski definition) is 1. The molecule has 0 radical (unpaired) electrons. The number of benzene rings is 1. The molecule has 3 atom stereocenters. The van der Waals surface area contributed by atoms with Crippen LogP contribution in [0.15, 0.2) is 18.2 Å². The third kappa shape index (κ3) is 3.41. The lowest BCUT2D eigenvalue weighted by atomic mass is 10.0. The minimum atomic E-state index is 0.325. The van der Waals surface area contributed by atoms with E-state index in [0.717, 1.165) is 31.8 Å². The minimum Gasteiger partial charge on any atom is -0.488 e. The fourth-order valence-corrected chi connectivity index (χ4v) is 3.69. The summed E-state index contributed by atoms with van der Waals surface area (Å²) in [4.78, 5) is 2.65. The van der Waals surface area contributed by atoms with Crippen LogP contribution >= 0.6 is 0 Å². The normalized spacial score (nSPS) is 29.2. The van der Waals surface area contributed by atoms with Crippen LogP contribution in [0.1, 0.15) is 37.8 Å². The van der Waals surface area contributed by atoms with E-state index in [2.05, 4.69) is 49.2 Å². The molecule has 0 aliphatic carbocycles. The van der Waals surface area contributed by atoms with Crippen LogP contribution in [0.25, 0.3) is 0 Å². The summed E-state index contributed by atoms with van der Waals surface area (Å²) in [6.45, 7) is 10.0. The highest BCUT2D eigenvalue weighted by Gasteiger charge is 2.30. The van der Waals surface area contributed by atoms with Crippen LogP contribution in [-0.4, -0.2) is 42.7 Å². The summed E-state index contributed by atoms with van der Waals surface area (Å²) in [5.74, 6) is 1.10. The van der Waals surface area contributed by atoms with Gasteiger partial charge >= 0.3 is 0 Å². The molecule has 3 rings (SSSR count). The Morgan fingerprint density at radius 2 is 2.24 bits per heavy atom. The molecule has 116 valence electrons. The highest BCUT2D eigenvalue weighted by molar-refractivity contribution is 5.40. The van der Waals surface area contributed by atoms with E-state index in [-0.39, 0.29) is 0 Å². The molecule has 3 unspecified atom stereocenters. The molecule has 0 saturated carbocycles. The van der Waals surface area contributed by atoms with Gasteiger partial charge in [-0.1, -0.05) is 31.0 Å². The van der Waals surface area contributed by atoms with Gasteiger partial charge in [-0.05, 0) is 31.9 Å². The number of hydrogen-bond acceptors (Lipinski definition) is 3. The second kappa shape index (κ2) is 6.37. The van der Waals surface area contributed by atoms with E-state index in [4.69, 9.17) is 4.74 Å². The van der Waals surface area contributed by atoms with Crippen molar-refractivity contribution >= 4 is 0 Å². The van der Waals surface area contributed by atoms with Crippen molar-refractivity contribution in [1.82, 2.24) is 10.2 Å². The van der Waals surface area contributed by atoms with Gasteiger partial charge < -0.3 is 10.1 Å². The molecule has 1 aromatic carbocycles. The number of ether oxygens (including phenoxy) is 1. The standard InChI is InChI=1S/C18H28N2O/c1-4-5-16-10-19-14(3)11-20(16)12-17-9-15-8-13(2)6-7-18(15)21-17/h6-8,14,16-17,19H,4-5,9-12H2,1-3H3. The summed E-state index contributed by atoms with van der Waals surface area (Å²) >= 11 is 0. The average molecular weight is 288 g/mol. The smallest absolute Gasteiger partial charge is 0.123 e. The van der Waals surface area contributed by atoms with E-state index < -0.39 is 0 Å². The lowest BCUT2D eigenvalue weighted by Crippen LogP contribution is -2.57. The fraction of sp³-hybridized carbons (Fsp3) is 0.667. The first kappa shape index (κ1) is 14.9. The lowest BCUT2D eigenvalue weighted by Gasteiger charge is -2.40. The van der Waals surface area contributed by atoms with Crippen molar-refractivity contribution in [2.75, 3.05) is 19.6 Å². The quantitative estimate of drug-likeness (QED) is 0.922. The summed E-state index contributed by atoms with van der Waals surface area (Å²) < 4.78 is 6.16. The molecule has 1 N–H and O–H groups in total. The van der Waals surface area contributed by atoms with Gasteiger partial charge in [0.25, 0.3) is 0 Å². The Bertz CT molecular complexity index is 488. The van der Waals surface area contributed by atoms with E-state index >= 15 is 0 Å². The van der Waals surface area contributed by atoms with Gasteiger partial charge in [-0.2, -0.15) is 0 Å². The number of nitrogens with one attached hydrogen (secondary N) is 1. The number of aryl methyl sites for hydroxylation is 1. The number of rotatable bonds is 4. The van der Waals surface area contributed by atoms with Crippen LogP contribution in [0, 0.1) is 6.92 Å². The molecule has 2 heterocycles. The van der Waals surface area contributed by atoms with Gasteiger partial charge in [0.05, 0.1) is 0 Å². The van der Waals surface area contributed by atoms with Crippen LogP contribution in [0.3, 0.4) is 0 Å². The highest BCUT2D eigenvalue weighted by Crippen LogP contribution is 2.30. The lowest BCUT2D eigenvalue weighted by molar-refractivity contribution is 0.0789. The van der Waals surface area contributed by atoms with Gasteiger partial charge in [0.2, 0.25) is 0 Å². The van der Waals surface area contributed by atoms with E-state index in [1.165, 1.54) is 24.0 Å². The molecule has 0 amide bonds. The molecular formula is C18H28N2O. The second-order valence-electron chi connectivity index (χ2n) is 6.76. The first-order valence-corrected chi connectivity index (χ1v) is 8.39. The number of piperazine rings is 1. The second-order valence-corrected chi connectivity index (χ2v) is 6.76. The van der Waals surface area contributed by atoms with Crippen molar-refractivity contribution in [3.8, 4) is 5.75 Å². The monoisotopic (exact) mass is 288 g/mol. The van der Waals surface area contributed by atoms with Gasteiger partial charge in [0, 0.05) is 38.1 Å². The van der Waals surface area contributed by atoms with Crippen molar-refractivity contribution < 1.29 is 4.74 Å². The van der Waals surface area contributed by atoms with Gasteiger partial charge in [-0.3, -0.25) is 4.90 Å². The molecule has 2 aliphatic heterocycles. The first-order chi connectivity index (χ1) is 10.2. The zero-order valence-electron chi connectivity index (χ0n) is 13.6. The number of fused-ring (bicyclic) bond motifs is 1. The highest BCUT2D eigenvalue weighted by atomic mass is 16.5. The Balaban J connectivity index is 1.63. The zero-order valence-corrected chi connectivity index (χ0v) is 13.6. The van der Waals surface area contributed by atoms with Crippen molar-refractivity contribution in [3.05, 3.63) is 29.3 Å². The maximum atomic E-state index is 6.16. The molecule has 3 nitrogen and oxygen atoms in total. The van der Waals surface area contributed by atoms with Gasteiger partial charge in [0.1, 0.15) is 11.9 Å². The Kier molecular flexibility index (Phi) is 4.51. The molecule has 0 bridgehead atoms. The van der Waals surface area contributed by atoms with Crippen LogP contribution in [0.5, 0.6) is 5.75 Å². The van der Waals surface area contributed by atoms with Crippen LogP contribution in [-0.2, 0) is 6.42 Å². The number of nitrogens with zero attached hydrogens (tertiary/aromatic N) is 1. The Hall–Kier alpha value is -1.06. The van der Waals surface area contributed by atoms with Crippen molar-refractivity contribution in [2.24, 2.45) is 0 Å². The molecule has 21 heavy (non-hydrogen) atoms. The van der Waals surface area contributed by atoms with Crippen molar-refractivity contribution in [3.63, 3.8) is 0 Å². The SMILES string of the molecule is CCCC1CNC(C)CN1CC1Cc2cc(C)ccc2O1. The zero-order chi connectivity index (χ0) is 14.8. The van der Waals surface area contributed by atoms with Gasteiger partial charge in [-0.25, -0.2) is 0 Å². The van der Waals surface area contributed by atoms with Crippen molar-refractivity contribution in [2.45, 2.75) is 58.2 Å². The van der Waals surface area contributed by atoms with Gasteiger partial charge in [0.15, 0.2) is 0 Å². The molecule has 3 heteroatoms. The van der Waals surface area contributed by atoms with Crippen LogP contribution in [0.4, 0.5) is 0 Å². The topological polar surface area (TPSA) is 24.5 Å². The minimum absolute atomic E-state index is 0.325. The third-order valence-electron chi connectivity index (χ3n) is 4.74. The Morgan fingerprint density at radius 1 is 1.38 bits per heavy atom. The summed E-state index contributed by atoms with van der Waals surface area (Å²) in [5.41, 5.74) is 2.72. The van der Waals surface area contributed by atoms with Crippen LogP contribution < -0.4 is 10.1 Å². The first-order valence-electron chi connectivity index (χ1n) is 8.39. The van der Waals surface area contributed by atoms with E-state index in [1.807, 2.05) is 0 Å². The molecule has 0 spiro atoms. The molecular weight excluding hydrogens is 260 g/mol. The molecule has 1 saturated heterocycles. The van der Waals surface area contributed by atoms with Crippen LogP contribution in [0.2, 0.25) is 0 Å². The average Bonchev–Trinajstić information content (AvgIpc) is 2.83. The van der Waals surface area contributed by atoms with E-state index in [0.29, 0.717) is 18.2 Å². The van der Waals surface area contributed by atoms with E-state index in [1.54, 1.807) is 0 Å². The predicted octanol–water partition coefficient (Wildman–Crippen LogP) is 2.76. The summed E-state index contributed by atoms with van der Waals surface area (Å²) in [6.07, 6.45) is 3.92. The summed E-state index contributed by atoms with van der Waals surface area (Å²) in [7, 11) is 0. The van der Waals surface area contributed by atoms with Crippen molar-refractivity contribution in [1.29, 1.82) is 0 Å². The van der Waals surface area contributed by atoms with Gasteiger partial charge in [-0.15, -0.1) is 0 Å². The fourth-order valence-electron chi connectivity index (χ4n) is 3.69. The largest absolute Gasteiger partial charge is 0.488 e. The summed E-state index contributed by atoms with van der Waals surface area (Å²) in [6, 6.07) is 7.81. The maximum absolute atomic E-state index is 6.16. The Labute approximate surface area is 128 Å². The molecule has 1 fully saturated rings. The predicted molar refractivity (Wildman–Crippen MR) is 87.0 cm³/mol. The molecule has 0 aromatic heterocycles. The van der Waals surface area contributed by atoms with E-state index in [9.17, 15) is 0 Å². The molecule has 1 aromatic rings.